The van der Waals surface area contributed by atoms with Gasteiger partial charge in [0.25, 0.3) is 0 Å². The second kappa shape index (κ2) is 11.8. The quantitative estimate of drug-likeness (QED) is 0.418. The van der Waals surface area contributed by atoms with Crippen LogP contribution in [0.1, 0.15) is 43.7 Å². The number of aromatic nitrogens is 1. The van der Waals surface area contributed by atoms with E-state index in [9.17, 15) is 24.0 Å². The average Bonchev–Trinajstić information content (AvgIpc) is 2.80. The maximum Gasteiger partial charge on any atom is 0.341 e. The highest BCUT2D eigenvalue weighted by Crippen LogP contribution is 2.29. The second-order valence-corrected chi connectivity index (χ2v) is 8.45. The highest BCUT2D eigenvalue weighted by Gasteiger charge is 2.52. The average molecular weight is 517 g/mol. The summed E-state index contributed by atoms with van der Waals surface area (Å²) in [5.74, 6) is -3.51. The first-order valence-electron chi connectivity index (χ1n) is 11.4. The van der Waals surface area contributed by atoms with E-state index in [1.54, 1.807) is 37.3 Å². The number of amides is 1. The topological polar surface area (TPSA) is 156 Å². The molecule has 0 radical (unpaired) electrons. The van der Waals surface area contributed by atoms with Crippen LogP contribution < -0.4 is 5.32 Å². The van der Waals surface area contributed by atoms with Gasteiger partial charge in [0.1, 0.15) is 18.8 Å². The Bertz CT molecular complexity index is 1210. The Morgan fingerprint density at radius 1 is 0.919 bits per heavy atom. The zero-order valence-corrected chi connectivity index (χ0v) is 21.0. The van der Waals surface area contributed by atoms with E-state index < -0.39 is 67.0 Å². The molecule has 1 fully saturated rings. The van der Waals surface area contributed by atoms with Crippen LogP contribution in [0.5, 0.6) is 0 Å². The molecular weight excluding hydrogens is 488 g/mol. The third-order valence-electron chi connectivity index (χ3n) is 5.36. The number of hydrogen-bond acceptors (Lipinski definition) is 11. The lowest BCUT2D eigenvalue weighted by atomic mass is 9.96. The number of hydrogen-bond donors (Lipinski definition) is 1. The van der Waals surface area contributed by atoms with Gasteiger partial charge in [0, 0.05) is 38.8 Å². The zero-order chi connectivity index (χ0) is 27.3. The Balaban J connectivity index is 2.02. The van der Waals surface area contributed by atoms with Crippen LogP contribution >= 0.6 is 0 Å². The van der Waals surface area contributed by atoms with Gasteiger partial charge in [0.2, 0.25) is 12.2 Å². The van der Waals surface area contributed by atoms with E-state index in [1.807, 2.05) is 0 Å². The van der Waals surface area contributed by atoms with Gasteiger partial charge in [0.15, 0.2) is 12.2 Å². The summed E-state index contributed by atoms with van der Waals surface area (Å²) >= 11 is 0. The number of carbonyl (C=O) groups excluding carboxylic acids is 5. The summed E-state index contributed by atoms with van der Waals surface area (Å²) in [6, 6.07) is 7.24. The van der Waals surface area contributed by atoms with E-state index in [2.05, 4.69) is 10.3 Å². The zero-order valence-electron chi connectivity index (χ0n) is 21.0. The molecule has 1 aliphatic rings. The number of ether oxygens (including phenoxy) is 5. The normalized spacial score (nSPS) is 23.0. The first-order chi connectivity index (χ1) is 17.5. The number of nitrogens with one attached hydrogen (secondary N) is 1. The predicted molar refractivity (Wildman–Crippen MR) is 126 cm³/mol. The molecule has 0 saturated carbocycles. The van der Waals surface area contributed by atoms with Crippen LogP contribution in [-0.2, 0) is 42.9 Å². The highest BCUT2D eigenvalue weighted by molar-refractivity contribution is 6.03. The molecule has 1 aromatic carbocycles. The fraction of sp³-hybridized carbons (Fsp3) is 0.440. The first-order valence-corrected chi connectivity index (χ1v) is 11.4. The Kier molecular flexibility index (Phi) is 8.77. The maximum atomic E-state index is 13.4. The van der Waals surface area contributed by atoms with Crippen molar-refractivity contribution in [3.05, 3.63) is 41.6 Å². The maximum absolute atomic E-state index is 13.4. The lowest BCUT2D eigenvalue weighted by molar-refractivity contribution is -0.263. The van der Waals surface area contributed by atoms with Gasteiger partial charge in [-0.05, 0) is 19.1 Å². The van der Waals surface area contributed by atoms with Crippen molar-refractivity contribution in [3.8, 4) is 0 Å². The summed E-state index contributed by atoms with van der Waals surface area (Å²) in [6.07, 6.45) is -5.35. The third-order valence-corrected chi connectivity index (χ3v) is 5.36. The summed E-state index contributed by atoms with van der Waals surface area (Å²) in [6.45, 7) is 5.93. The van der Waals surface area contributed by atoms with Crippen molar-refractivity contribution >= 4 is 40.7 Å². The van der Waals surface area contributed by atoms with Gasteiger partial charge in [-0.3, -0.25) is 24.2 Å². The van der Waals surface area contributed by atoms with Crippen molar-refractivity contribution in [3.63, 3.8) is 0 Å². The Hall–Kier alpha value is -4.06. The van der Waals surface area contributed by atoms with Crippen molar-refractivity contribution in [1.29, 1.82) is 0 Å². The van der Waals surface area contributed by atoms with Gasteiger partial charge in [-0.2, -0.15) is 0 Å². The molecule has 12 nitrogen and oxygen atoms in total. The Labute approximate surface area is 212 Å². The molecule has 5 atom stereocenters. The third kappa shape index (κ3) is 7.00. The summed E-state index contributed by atoms with van der Waals surface area (Å²) in [7, 11) is 0. The van der Waals surface area contributed by atoms with Crippen LogP contribution in [0.3, 0.4) is 0 Å². The second-order valence-electron chi connectivity index (χ2n) is 8.45. The largest absolute Gasteiger partial charge is 0.463 e. The van der Waals surface area contributed by atoms with Crippen molar-refractivity contribution in [2.24, 2.45) is 0 Å². The lowest BCUT2D eigenvalue weighted by Gasteiger charge is -2.44. The molecule has 37 heavy (non-hydrogen) atoms. The number of nitrogens with zero attached hydrogens (tertiary/aromatic N) is 1. The molecule has 1 saturated heterocycles. The fourth-order valence-electron chi connectivity index (χ4n) is 4.04. The molecule has 3 rings (SSSR count). The van der Waals surface area contributed by atoms with Crippen molar-refractivity contribution in [1.82, 2.24) is 10.3 Å². The molecule has 1 amide bonds. The van der Waals surface area contributed by atoms with Crippen LogP contribution in [0.25, 0.3) is 10.9 Å². The number of benzene rings is 1. The molecule has 2 heterocycles. The standard InChI is InChI=1S/C25H28N2O10/c1-12-10-18(17-8-6-7-9-19(17)26-12)24(32)37-25-21(27-13(2)28)23(35-16(5)31)22(34-15(4)30)20(36-25)11-33-14(3)29/h6-10,20-23,25H,11H2,1-5H3,(H,27,28)/t20-,21+,22+,23-,25+/m1/s1. The van der Waals surface area contributed by atoms with Gasteiger partial charge >= 0.3 is 23.9 Å². The lowest BCUT2D eigenvalue weighted by Crippen LogP contribution is -2.66. The highest BCUT2D eigenvalue weighted by atomic mass is 16.7. The van der Waals surface area contributed by atoms with E-state index in [1.165, 1.54) is 13.8 Å². The Morgan fingerprint density at radius 3 is 2.19 bits per heavy atom. The number of pyridine rings is 1. The molecule has 1 N–H and O–H groups in total. The van der Waals surface area contributed by atoms with Crippen LogP contribution in [-0.4, -0.2) is 72.0 Å². The smallest absolute Gasteiger partial charge is 0.341 e. The molecule has 0 spiro atoms. The van der Waals surface area contributed by atoms with Crippen LogP contribution in [0.4, 0.5) is 0 Å². The predicted octanol–water partition coefficient (Wildman–Crippen LogP) is 1.36. The molecular formula is C25H28N2O10. The van der Waals surface area contributed by atoms with Gasteiger partial charge in [0.05, 0.1) is 11.1 Å². The molecule has 12 heteroatoms. The molecule has 2 aromatic rings. The summed E-state index contributed by atoms with van der Waals surface area (Å²) in [4.78, 5) is 65.1. The van der Waals surface area contributed by atoms with Crippen molar-refractivity contribution in [2.75, 3.05) is 6.61 Å². The van der Waals surface area contributed by atoms with Crippen molar-refractivity contribution < 1.29 is 47.7 Å². The van der Waals surface area contributed by atoms with Crippen LogP contribution in [0, 0.1) is 6.92 Å². The minimum Gasteiger partial charge on any atom is -0.463 e. The summed E-state index contributed by atoms with van der Waals surface area (Å²) in [5, 5.41) is 3.08. The molecule has 0 aliphatic carbocycles. The number of rotatable bonds is 7. The molecule has 0 bridgehead atoms. The number of fused-ring (bicyclic) bond motifs is 1. The molecule has 198 valence electrons. The monoisotopic (exact) mass is 516 g/mol. The number of para-hydroxylation sites is 1. The molecule has 0 unspecified atom stereocenters. The van der Waals surface area contributed by atoms with Gasteiger partial charge in [-0.15, -0.1) is 0 Å². The number of aryl methyl sites for hydroxylation is 1. The summed E-state index contributed by atoms with van der Waals surface area (Å²) < 4.78 is 27.4. The van der Waals surface area contributed by atoms with Crippen LogP contribution in [0.15, 0.2) is 30.3 Å². The van der Waals surface area contributed by atoms with E-state index in [-0.39, 0.29) is 5.56 Å². The Morgan fingerprint density at radius 2 is 1.57 bits per heavy atom. The van der Waals surface area contributed by atoms with Gasteiger partial charge in [-0.1, -0.05) is 18.2 Å². The minimum absolute atomic E-state index is 0.191. The van der Waals surface area contributed by atoms with E-state index in [0.29, 0.717) is 16.6 Å². The molecule has 1 aromatic heterocycles. The fourth-order valence-corrected chi connectivity index (χ4v) is 4.04. The molecule has 1 aliphatic heterocycles. The summed E-state index contributed by atoms with van der Waals surface area (Å²) in [5.41, 5.74) is 1.32. The number of esters is 4. The first kappa shape index (κ1) is 27.5. The van der Waals surface area contributed by atoms with Gasteiger partial charge in [-0.25, -0.2) is 4.79 Å². The number of carbonyl (C=O) groups is 5. The van der Waals surface area contributed by atoms with E-state index in [0.717, 1.165) is 13.8 Å². The SMILES string of the molecule is CC(=O)N[C@@H]1[C@H](OC(=O)c2cc(C)nc3ccccc23)O[C@H](COC(C)=O)[C@H](OC(C)=O)[C@@H]1OC(C)=O. The van der Waals surface area contributed by atoms with E-state index >= 15 is 0 Å². The van der Waals surface area contributed by atoms with Crippen molar-refractivity contribution in [2.45, 2.75) is 65.3 Å². The van der Waals surface area contributed by atoms with Gasteiger partial charge < -0.3 is 29.0 Å². The minimum atomic E-state index is -1.51. The van der Waals surface area contributed by atoms with E-state index in [4.69, 9.17) is 23.7 Å². The van der Waals surface area contributed by atoms with Crippen LogP contribution in [0.2, 0.25) is 0 Å².